The topological polar surface area (TPSA) is 91.4 Å². The largest absolute Gasteiger partial charge is 0.480 e. The summed E-state index contributed by atoms with van der Waals surface area (Å²) in [4.78, 5) is 27.0. The zero-order valence-electron chi connectivity index (χ0n) is 21.5. The van der Waals surface area contributed by atoms with E-state index in [0.29, 0.717) is 19.6 Å². The van der Waals surface area contributed by atoms with E-state index in [1.165, 1.54) is 10.5 Å². The Kier molecular flexibility index (Phi) is 11.1. The van der Waals surface area contributed by atoms with Gasteiger partial charge in [0.1, 0.15) is 12.6 Å². The molecule has 0 radical (unpaired) electrons. The Labute approximate surface area is 214 Å². The number of aliphatic carboxylic acids is 1. The number of aryl methyl sites for hydroxylation is 1. The molecule has 1 saturated heterocycles. The molecule has 7 heteroatoms. The quantitative estimate of drug-likeness (QED) is 0.340. The number of terminal acetylenes is 1. The number of carbonyl (C=O) groups excluding carboxylic acids is 1. The van der Waals surface area contributed by atoms with Crippen LogP contribution in [-0.2, 0) is 25.5 Å². The Morgan fingerprint density at radius 2 is 2.00 bits per heavy atom. The monoisotopic (exact) mass is 494 g/mol. The van der Waals surface area contributed by atoms with Gasteiger partial charge in [-0.25, -0.2) is 4.79 Å². The lowest BCUT2D eigenvalue weighted by Crippen LogP contribution is -2.57. The number of allylic oxidation sites excluding steroid dienone is 2. The summed E-state index contributed by atoms with van der Waals surface area (Å²) in [5.74, 6) is -2.02. The SMILES string of the molecule is C#C.C=CC1=C(/C=C\C)C[C@@H](C(=O)O)N(C(=O)C(C)NC(CCc2ccccc2)C2(OCC)CO2)C1. The maximum atomic E-state index is 13.5. The number of carboxylic acids is 1. The minimum Gasteiger partial charge on any atom is -0.480 e. The van der Waals surface area contributed by atoms with Crippen LogP contribution in [0.15, 0.2) is 66.3 Å². The van der Waals surface area contributed by atoms with E-state index in [4.69, 9.17) is 9.47 Å². The van der Waals surface area contributed by atoms with Gasteiger partial charge < -0.3 is 19.5 Å². The number of rotatable bonds is 12. The first kappa shape index (κ1) is 29.1. The highest BCUT2D eigenvalue weighted by Crippen LogP contribution is 2.35. The lowest BCUT2D eigenvalue weighted by molar-refractivity contribution is -0.151. The number of nitrogens with one attached hydrogen (secondary N) is 1. The molecular weight excluding hydrogens is 456 g/mol. The van der Waals surface area contributed by atoms with Gasteiger partial charge in [-0.15, -0.1) is 12.8 Å². The summed E-state index contributed by atoms with van der Waals surface area (Å²) in [5.41, 5.74) is 2.96. The summed E-state index contributed by atoms with van der Waals surface area (Å²) in [6.07, 6.45) is 15.2. The molecule has 194 valence electrons. The minimum atomic E-state index is -1.01. The van der Waals surface area contributed by atoms with Crippen LogP contribution in [0.1, 0.15) is 39.2 Å². The van der Waals surface area contributed by atoms with Crippen LogP contribution in [-0.4, -0.2) is 65.6 Å². The molecule has 0 aliphatic carbocycles. The molecular formula is C29H38N2O5. The van der Waals surface area contributed by atoms with Crippen molar-refractivity contribution in [3.05, 3.63) is 71.8 Å². The van der Waals surface area contributed by atoms with Gasteiger partial charge in [0.2, 0.25) is 11.7 Å². The molecule has 1 fully saturated rings. The molecule has 3 unspecified atom stereocenters. The molecule has 0 saturated carbocycles. The normalized spacial score (nSPS) is 22.9. The van der Waals surface area contributed by atoms with Gasteiger partial charge in [-0.1, -0.05) is 55.1 Å². The highest BCUT2D eigenvalue weighted by molar-refractivity contribution is 5.88. The van der Waals surface area contributed by atoms with Crippen molar-refractivity contribution in [2.45, 2.75) is 63.9 Å². The van der Waals surface area contributed by atoms with Crippen molar-refractivity contribution in [1.29, 1.82) is 0 Å². The lowest BCUT2D eigenvalue weighted by Gasteiger charge is -2.37. The Morgan fingerprint density at radius 3 is 2.53 bits per heavy atom. The van der Waals surface area contributed by atoms with Gasteiger partial charge in [0.15, 0.2) is 0 Å². The second kappa shape index (κ2) is 13.8. The van der Waals surface area contributed by atoms with Crippen LogP contribution in [0.2, 0.25) is 0 Å². The molecule has 4 atom stereocenters. The van der Waals surface area contributed by atoms with Gasteiger partial charge in [-0.05, 0) is 50.3 Å². The molecule has 2 aliphatic rings. The van der Waals surface area contributed by atoms with E-state index in [1.807, 2.05) is 44.2 Å². The number of amides is 1. The van der Waals surface area contributed by atoms with Gasteiger partial charge in [-0.2, -0.15) is 0 Å². The molecule has 1 amide bonds. The molecule has 1 aromatic carbocycles. The Morgan fingerprint density at radius 1 is 1.33 bits per heavy atom. The first-order chi connectivity index (χ1) is 17.3. The number of carboxylic acid groups (broad SMARTS) is 1. The van der Waals surface area contributed by atoms with Gasteiger partial charge in [-0.3, -0.25) is 10.1 Å². The highest BCUT2D eigenvalue weighted by atomic mass is 16.8. The van der Waals surface area contributed by atoms with E-state index in [-0.39, 0.29) is 24.9 Å². The fourth-order valence-electron chi connectivity index (χ4n) is 4.58. The van der Waals surface area contributed by atoms with E-state index >= 15 is 0 Å². The van der Waals surface area contributed by atoms with Crippen molar-refractivity contribution >= 4 is 11.9 Å². The number of epoxide rings is 1. The third-order valence-electron chi connectivity index (χ3n) is 6.46. The van der Waals surface area contributed by atoms with Crippen LogP contribution in [0.3, 0.4) is 0 Å². The number of carbonyl (C=O) groups is 2. The first-order valence-corrected chi connectivity index (χ1v) is 12.3. The number of hydrogen-bond acceptors (Lipinski definition) is 5. The molecule has 0 aromatic heterocycles. The summed E-state index contributed by atoms with van der Waals surface area (Å²) < 4.78 is 11.6. The fraction of sp³-hybridized carbons (Fsp3) is 0.448. The molecule has 3 rings (SSSR count). The van der Waals surface area contributed by atoms with Crippen LogP contribution in [0.5, 0.6) is 0 Å². The predicted molar refractivity (Wildman–Crippen MR) is 141 cm³/mol. The van der Waals surface area contributed by atoms with Crippen molar-refractivity contribution < 1.29 is 24.2 Å². The second-order valence-electron chi connectivity index (χ2n) is 8.78. The molecule has 0 bridgehead atoms. The molecule has 0 spiro atoms. The number of benzene rings is 1. The summed E-state index contributed by atoms with van der Waals surface area (Å²) >= 11 is 0. The third kappa shape index (κ3) is 7.17. The van der Waals surface area contributed by atoms with Crippen LogP contribution in [0, 0.1) is 12.8 Å². The predicted octanol–water partition coefficient (Wildman–Crippen LogP) is 3.72. The maximum absolute atomic E-state index is 13.5. The standard InChI is InChI=1S/C27H36N2O5.C2H2/c1-5-11-22-16-23(26(31)32)29(17-21(22)6-2)25(30)19(4)28-24(27(18-34-27)33-7-3)15-14-20-12-9-8-10-13-20;1-2/h5-6,8-13,19,23-24,28H,2,7,14-18H2,1,3-4H3,(H,31,32);1-2H/b11-5-;/t19?,23-,24?,27?;/m0./s1. The zero-order valence-corrected chi connectivity index (χ0v) is 21.5. The van der Waals surface area contributed by atoms with Gasteiger partial charge >= 0.3 is 5.97 Å². The maximum Gasteiger partial charge on any atom is 0.326 e. The lowest BCUT2D eigenvalue weighted by atomic mass is 9.92. The van der Waals surface area contributed by atoms with E-state index < -0.39 is 23.8 Å². The average molecular weight is 495 g/mol. The number of ether oxygens (including phenoxy) is 2. The number of hydrogen-bond donors (Lipinski definition) is 2. The summed E-state index contributed by atoms with van der Waals surface area (Å²) in [7, 11) is 0. The number of nitrogens with zero attached hydrogens (tertiary/aromatic N) is 1. The van der Waals surface area contributed by atoms with Crippen LogP contribution in [0.4, 0.5) is 0 Å². The van der Waals surface area contributed by atoms with E-state index in [0.717, 1.165) is 17.6 Å². The van der Waals surface area contributed by atoms with Crippen LogP contribution in [0.25, 0.3) is 0 Å². The smallest absolute Gasteiger partial charge is 0.326 e. The first-order valence-electron chi connectivity index (χ1n) is 12.3. The van der Waals surface area contributed by atoms with Crippen molar-refractivity contribution in [1.82, 2.24) is 10.2 Å². The second-order valence-corrected chi connectivity index (χ2v) is 8.78. The van der Waals surface area contributed by atoms with Crippen molar-refractivity contribution in [2.24, 2.45) is 0 Å². The molecule has 2 aliphatic heterocycles. The van der Waals surface area contributed by atoms with Gasteiger partial charge in [0.25, 0.3) is 0 Å². The molecule has 2 heterocycles. The minimum absolute atomic E-state index is 0.215. The van der Waals surface area contributed by atoms with E-state index in [1.54, 1.807) is 13.0 Å². The highest BCUT2D eigenvalue weighted by Gasteiger charge is 2.53. The van der Waals surface area contributed by atoms with Crippen molar-refractivity contribution in [3.63, 3.8) is 0 Å². The van der Waals surface area contributed by atoms with Gasteiger partial charge in [0.05, 0.1) is 12.1 Å². The summed E-state index contributed by atoms with van der Waals surface area (Å²) in [6, 6.07) is 8.39. The fourth-order valence-corrected chi connectivity index (χ4v) is 4.58. The van der Waals surface area contributed by atoms with Crippen molar-refractivity contribution in [2.75, 3.05) is 19.8 Å². The summed E-state index contributed by atoms with van der Waals surface area (Å²) in [5, 5.41) is 13.3. The molecule has 1 aromatic rings. The zero-order chi connectivity index (χ0) is 26.7. The van der Waals surface area contributed by atoms with Crippen molar-refractivity contribution in [3.8, 4) is 12.8 Å². The molecule has 2 N–H and O–H groups in total. The van der Waals surface area contributed by atoms with E-state index in [2.05, 4.69) is 36.9 Å². The Balaban J connectivity index is 0.00000222. The van der Waals surface area contributed by atoms with Crippen LogP contribution >= 0.6 is 0 Å². The Bertz CT molecular complexity index is 978. The molecule has 36 heavy (non-hydrogen) atoms. The van der Waals surface area contributed by atoms with Gasteiger partial charge in [0, 0.05) is 19.6 Å². The average Bonchev–Trinajstić information content (AvgIpc) is 3.68. The van der Waals surface area contributed by atoms with Crippen LogP contribution < -0.4 is 5.32 Å². The third-order valence-corrected chi connectivity index (χ3v) is 6.46. The van der Waals surface area contributed by atoms with E-state index in [9.17, 15) is 14.7 Å². The Hall–Kier alpha value is -3.18. The summed E-state index contributed by atoms with van der Waals surface area (Å²) in [6.45, 7) is 10.6. The molecule has 7 nitrogen and oxygen atoms in total.